The van der Waals surface area contributed by atoms with Crippen molar-refractivity contribution in [2.75, 3.05) is 0 Å². The second kappa shape index (κ2) is 6.25. The second-order valence-electron chi connectivity index (χ2n) is 6.28. The molecule has 0 N–H and O–H groups in total. The molecule has 3 heteroatoms. The van der Waals surface area contributed by atoms with Crippen molar-refractivity contribution in [3.63, 3.8) is 0 Å². The minimum Gasteiger partial charge on any atom is -0.280 e. The number of nitrogens with zero attached hydrogens (tertiary/aromatic N) is 3. The first-order valence-electron chi connectivity index (χ1n) is 9.01. The van der Waals surface area contributed by atoms with Crippen LogP contribution in [0.2, 0.25) is 0 Å². The van der Waals surface area contributed by atoms with Crippen molar-refractivity contribution in [3.8, 4) is 5.69 Å². The molecule has 126 valence electrons. The van der Waals surface area contributed by atoms with Gasteiger partial charge in [0.1, 0.15) is 0 Å². The van der Waals surface area contributed by atoms with Crippen LogP contribution in [0.25, 0.3) is 28.6 Å². The number of aromatic nitrogens is 3. The Kier molecular flexibility index (Phi) is 3.92. The number of imidazole rings is 2. The summed E-state index contributed by atoms with van der Waals surface area (Å²) in [6.07, 6.45) is 6.15. The van der Waals surface area contributed by atoms with Crippen LogP contribution < -0.4 is 0 Å². The molecule has 0 fully saturated rings. The average molecular weight is 329 g/mol. The van der Waals surface area contributed by atoms with E-state index in [-0.39, 0.29) is 0 Å². The van der Waals surface area contributed by atoms with E-state index < -0.39 is 0 Å². The van der Waals surface area contributed by atoms with E-state index in [0.29, 0.717) is 0 Å². The van der Waals surface area contributed by atoms with Crippen molar-refractivity contribution in [2.24, 2.45) is 0 Å². The highest BCUT2D eigenvalue weighted by Gasteiger charge is 2.19. The fourth-order valence-electron chi connectivity index (χ4n) is 3.59. The topological polar surface area (TPSA) is 22.2 Å². The molecule has 2 aromatic heterocycles. The van der Waals surface area contributed by atoms with Gasteiger partial charge in [-0.3, -0.25) is 8.97 Å². The molecule has 25 heavy (non-hydrogen) atoms. The maximum atomic E-state index is 4.98. The maximum Gasteiger partial charge on any atom is 0.220 e. The maximum absolute atomic E-state index is 4.98. The molecule has 0 saturated carbocycles. The number of para-hydroxylation sites is 1. The number of fused-ring (bicyclic) bond motifs is 3. The fourth-order valence-corrected chi connectivity index (χ4v) is 3.59. The summed E-state index contributed by atoms with van der Waals surface area (Å²) in [6, 6.07) is 17.2. The van der Waals surface area contributed by atoms with Crippen LogP contribution in [0.15, 0.2) is 54.6 Å². The number of benzene rings is 2. The highest BCUT2D eigenvalue weighted by molar-refractivity contribution is 5.85. The normalized spacial score (nSPS) is 12.0. The Labute approximate surface area is 148 Å². The zero-order chi connectivity index (χ0) is 17.4. The van der Waals surface area contributed by atoms with Gasteiger partial charge in [-0.2, -0.15) is 0 Å². The molecule has 4 rings (SSSR count). The lowest BCUT2D eigenvalue weighted by atomic mass is 10.1. The number of allylic oxidation sites excluding steroid dienone is 1. The quantitative estimate of drug-likeness (QED) is 0.489. The summed E-state index contributed by atoms with van der Waals surface area (Å²) < 4.78 is 4.60. The first-order chi connectivity index (χ1) is 12.3. The van der Waals surface area contributed by atoms with E-state index in [1.807, 2.05) is 6.92 Å². The zero-order valence-electron chi connectivity index (χ0n) is 15.0. The minimum atomic E-state index is 0.949. The lowest BCUT2D eigenvalue weighted by Crippen LogP contribution is -1.94. The molecule has 0 saturated heterocycles. The molecule has 0 spiro atoms. The fraction of sp³-hybridized carbons (Fsp3) is 0.227. The predicted molar refractivity (Wildman–Crippen MR) is 105 cm³/mol. The molecule has 4 aromatic rings. The first kappa shape index (κ1) is 15.7. The van der Waals surface area contributed by atoms with Crippen LogP contribution in [-0.2, 0) is 12.8 Å². The SMILES string of the molecule is CC=Cc1nc2n(-c3ccccc3)c3ccc(CC)cc3n2c1CC. The van der Waals surface area contributed by atoms with Gasteiger partial charge in [0, 0.05) is 5.69 Å². The van der Waals surface area contributed by atoms with Crippen molar-refractivity contribution in [1.82, 2.24) is 14.0 Å². The van der Waals surface area contributed by atoms with Gasteiger partial charge in [-0.05, 0) is 55.7 Å². The van der Waals surface area contributed by atoms with Crippen molar-refractivity contribution in [1.29, 1.82) is 0 Å². The number of aryl methyl sites for hydroxylation is 2. The molecular formula is C22H23N3. The average Bonchev–Trinajstić information content (AvgIpc) is 3.15. The molecule has 0 radical (unpaired) electrons. The third-order valence-electron chi connectivity index (χ3n) is 4.79. The lowest BCUT2D eigenvalue weighted by molar-refractivity contribution is 1.01. The van der Waals surface area contributed by atoms with Gasteiger partial charge in [0.25, 0.3) is 0 Å². The monoisotopic (exact) mass is 329 g/mol. The Morgan fingerprint density at radius 3 is 2.44 bits per heavy atom. The summed E-state index contributed by atoms with van der Waals surface area (Å²) in [5, 5.41) is 0. The lowest BCUT2D eigenvalue weighted by Gasteiger charge is -2.05. The highest BCUT2D eigenvalue weighted by atomic mass is 15.2. The molecule has 2 aromatic carbocycles. The van der Waals surface area contributed by atoms with E-state index in [1.54, 1.807) is 0 Å². The van der Waals surface area contributed by atoms with Gasteiger partial charge >= 0.3 is 0 Å². The first-order valence-corrected chi connectivity index (χ1v) is 9.01. The van der Waals surface area contributed by atoms with Gasteiger partial charge in [0.15, 0.2) is 0 Å². The Bertz CT molecular complexity index is 1070. The van der Waals surface area contributed by atoms with Crippen LogP contribution in [0.4, 0.5) is 0 Å². The van der Waals surface area contributed by atoms with Gasteiger partial charge < -0.3 is 0 Å². The minimum absolute atomic E-state index is 0.949. The van der Waals surface area contributed by atoms with E-state index in [9.17, 15) is 0 Å². The summed E-state index contributed by atoms with van der Waals surface area (Å²) in [4.78, 5) is 4.98. The number of hydrogen-bond donors (Lipinski definition) is 0. The molecule has 0 aliphatic rings. The van der Waals surface area contributed by atoms with Gasteiger partial charge in [-0.1, -0.05) is 44.2 Å². The number of rotatable bonds is 4. The van der Waals surface area contributed by atoms with Crippen molar-refractivity contribution >= 4 is 22.9 Å². The van der Waals surface area contributed by atoms with E-state index in [2.05, 4.69) is 83.5 Å². The molecule has 3 nitrogen and oxygen atoms in total. The third-order valence-corrected chi connectivity index (χ3v) is 4.79. The van der Waals surface area contributed by atoms with Gasteiger partial charge in [0.05, 0.1) is 22.4 Å². The molecule has 0 amide bonds. The summed E-state index contributed by atoms with van der Waals surface area (Å²) >= 11 is 0. The predicted octanol–water partition coefficient (Wildman–Crippen LogP) is 5.44. The van der Waals surface area contributed by atoms with E-state index >= 15 is 0 Å². The molecule has 0 aliphatic heterocycles. The Morgan fingerprint density at radius 1 is 0.960 bits per heavy atom. The van der Waals surface area contributed by atoms with Crippen LogP contribution in [0, 0.1) is 0 Å². The van der Waals surface area contributed by atoms with Gasteiger partial charge in [0.2, 0.25) is 5.78 Å². The summed E-state index contributed by atoms with van der Waals surface area (Å²) in [5.41, 5.74) is 7.26. The molecule has 0 bridgehead atoms. The van der Waals surface area contributed by atoms with Crippen LogP contribution in [-0.4, -0.2) is 14.0 Å². The Balaban J connectivity index is 2.18. The van der Waals surface area contributed by atoms with Crippen LogP contribution in [0.3, 0.4) is 0 Å². The molecule has 2 heterocycles. The van der Waals surface area contributed by atoms with Gasteiger partial charge in [-0.25, -0.2) is 4.98 Å². The van der Waals surface area contributed by atoms with Crippen LogP contribution in [0.1, 0.15) is 37.7 Å². The van der Waals surface area contributed by atoms with Crippen molar-refractivity contribution in [2.45, 2.75) is 33.6 Å². The van der Waals surface area contributed by atoms with E-state index in [4.69, 9.17) is 4.98 Å². The third kappa shape index (κ3) is 2.39. The van der Waals surface area contributed by atoms with Crippen molar-refractivity contribution in [3.05, 3.63) is 71.6 Å². The number of hydrogen-bond acceptors (Lipinski definition) is 1. The zero-order valence-corrected chi connectivity index (χ0v) is 15.0. The standard InChI is InChI=1S/C22H23N3/c1-4-10-18-19(6-3)25-21-15-16(5-2)13-14-20(21)24(22(25)23-18)17-11-8-7-9-12-17/h4,7-15H,5-6H2,1-3H3. The van der Waals surface area contributed by atoms with E-state index in [0.717, 1.165) is 30.0 Å². The Hall–Kier alpha value is -2.81. The molecule has 0 atom stereocenters. The van der Waals surface area contributed by atoms with Crippen LogP contribution in [0.5, 0.6) is 0 Å². The summed E-state index contributed by atoms with van der Waals surface area (Å²) in [5.74, 6) is 0.986. The van der Waals surface area contributed by atoms with Crippen LogP contribution >= 0.6 is 0 Å². The highest BCUT2D eigenvalue weighted by Crippen LogP contribution is 2.29. The smallest absolute Gasteiger partial charge is 0.220 e. The van der Waals surface area contributed by atoms with E-state index in [1.165, 1.54) is 22.3 Å². The largest absolute Gasteiger partial charge is 0.280 e. The summed E-state index contributed by atoms with van der Waals surface area (Å²) in [7, 11) is 0. The second-order valence-corrected chi connectivity index (χ2v) is 6.28. The van der Waals surface area contributed by atoms with Crippen molar-refractivity contribution < 1.29 is 0 Å². The van der Waals surface area contributed by atoms with Gasteiger partial charge in [-0.15, -0.1) is 0 Å². The molecule has 0 aliphatic carbocycles. The Morgan fingerprint density at radius 2 is 1.76 bits per heavy atom. The molecular weight excluding hydrogens is 306 g/mol. The molecule has 0 unspecified atom stereocenters. The summed E-state index contributed by atoms with van der Waals surface area (Å²) in [6.45, 7) is 6.44.